The molecule has 0 radical (unpaired) electrons. The third-order valence-electron chi connectivity index (χ3n) is 2.37. The van der Waals surface area contributed by atoms with Gasteiger partial charge in [0, 0.05) is 29.1 Å². The van der Waals surface area contributed by atoms with Gasteiger partial charge in [0.2, 0.25) is 0 Å². The summed E-state index contributed by atoms with van der Waals surface area (Å²) < 4.78 is 2.37. The van der Waals surface area contributed by atoms with E-state index in [1.807, 2.05) is 12.1 Å². The van der Waals surface area contributed by atoms with Gasteiger partial charge < -0.3 is 5.11 Å². The highest BCUT2D eigenvalue weighted by atomic mass is 79.9. The Kier molecular flexibility index (Phi) is 4.79. The van der Waals surface area contributed by atoms with Crippen molar-refractivity contribution in [1.29, 1.82) is 0 Å². The van der Waals surface area contributed by atoms with Crippen LogP contribution in [0.3, 0.4) is 0 Å². The minimum Gasteiger partial charge on any atom is -0.396 e. The lowest BCUT2D eigenvalue weighted by Crippen LogP contribution is -2.15. The first-order chi connectivity index (χ1) is 8.70. The third-order valence-corrected chi connectivity index (χ3v) is 3.92. The maximum absolute atomic E-state index is 11.9. The fraction of sp³-hybridized carbons (Fsp3) is 0.333. The molecule has 0 unspecified atom stereocenters. The van der Waals surface area contributed by atoms with E-state index in [0.29, 0.717) is 11.4 Å². The average molecular weight is 329 g/mol. The number of hydrogen-bond donors (Lipinski definition) is 1. The number of fused-ring (bicyclic) bond motifs is 1. The predicted molar refractivity (Wildman–Crippen MR) is 77.0 cm³/mol. The first kappa shape index (κ1) is 13.6. The number of rotatable bonds is 5. The summed E-state index contributed by atoms with van der Waals surface area (Å²) in [6, 6.07) is 5.24. The Labute approximate surface area is 117 Å². The van der Waals surface area contributed by atoms with Gasteiger partial charge in [-0.25, -0.2) is 4.98 Å². The highest BCUT2D eigenvalue weighted by Gasteiger charge is 2.03. The zero-order valence-corrected chi connectivity index (χ0v) is 12.1. The molecule has 0 bridgehead atoms. The topological polar surface area (TPSA) is 54.6 Å². The van der Waals surface area contributed by atoms with Gasteiger partial charge in [0.05, 0.1) is 5.69 Å². The van der Waals surface area contributed by atoms with Crippen LogP contribution >= 0.6 is 27.7 Å². The van der Waals surface area contributed by atoms with Gasteiger partial charge >= 0.3 is 0 Å². The molecule has 0 saturated heterocycles. The summed E-state index contributed by atoms with van der Waals surface area (Å²) in [7, 11) is 0. The van der Waals surface area contributed by atoms with Gasteiger partial charge in [-0.15, -0.1) is 0 Å². The fourth-order valence-corrected chi connectivity index (χ4v) is 2.71. The van der Waals surface area contributed by atoms with Crippen LogP contribution in [0.2, 0.25) is 0 Å². The van der Waals surface area contributed by atoms with Crippen molar-refractivity contribution in [3.05, 3.63) is 44.9 Å². The van der Waals surface area contributed by atoms with E-state index in [2.05, 4.69) is 20.9 Å². The lowest BCUT2D eigenvalue weighted by atomic mass is 10.4. The highest BCUT2D eigenvalue weighted by Crippen LogP contribution is 2.13. The van der Waals surface area contributed by atoms with Gasteiger partial charge in [-0.3, -0.25) is 9.20 Å². The standard InChI is InChI=1S/C12H13BrN2O2S/c13-9-2-3-11-14-10(8-18-5-1-4-16)6-12(17)15(11)7-9/h2-3,6-7,16H,1,4-5,8H2. The minimum absolute atomic E-state index is 0.0703. The number of aliphatic hydroxyl groups is 1. The quantitative estimate of drug-likeness (QED) is 0.854. The van der Waals surface area contributed by atoms with Crippen LogP contribution in [0.25, 0.3) is 5.65 Å². The lowest BCUT2D eigenvalue weighted by molar-refractivity contribution is 0.296. The Bertz CT molecular complexity index is 600. The van der Waals surface area contributed by atoms with Crippen molar-refractivity contribution in [2.75, 3.05) is 12.4 Å². The Hall–Kier alpha value is -0.850. The number of pyridine rings is 1. The molecule has 2 aromatic heterocycles. The first-order valence-corrected chi connectivity index (χ1v) is 7.52. The summed E-state index contributed by atoms with van der Waals surface area (Å²) in [5.41, 5.74) is 1.37. The van der Waals surface area contributed by atoms with Crippen molar-refractivity contribution in [3.63, 3.8) is 0 Å². The SMILES string of the molecule is O=c1cc(CSCCCO)nc2ccc(Br)cn12. The van der Waals surface area contributed by atoms with E-state index >= 15 is 0 Å². The third kappa shape index (κ3) is 3.34. The normalized spacial score (nSPS) is 11.0. The van der Waals surface area contributed by atoms with Crippen LogP contribution in [0.4, 0.5) is 0 Å². The number of nitrogens with zero attached hydrogens (tertiary/aromatic N) is 2. The second kappa shape index (κ2) is 6.36. The van der Waals surface area contributed by atoms with E-state index in [4.69, 9.17) is 5.11 Å². The number of aliphatic hydroxyl groups excluding tert-OH is 1. The molecule has 0 atom stereocenters. The van der Waals surface area contributed by atoms with Crippen molar-refractivity contribution in [1.82, 2.24) is 9.38 Å². The van der Waals surface area contributed by atoms with E-state index in [9.17, 15) is 4.79 Å². The molecule has 1 N–H and O–H groups in total. The van der Waals surface area contributed by atoms with Gasteiger partial charge in [-0.2, -0.15) is 11.8 Å². The van der Waals surface area contributed by atoms with Gasteiger partial charge in [0.25, 0.3) is 5.56 Å². The lowest BCUT2D eigenvalue weighted by Gasteiger charge is -2.04. The Morgan fingerprint density at radius 2 is 2.28 bits per heavy atom. The largest absolute Gasteiger partial charge is 0.396 e. The van der Waals surface area contributed by atoms with Crippen molar-refractivity contribution in [2.45, 2.75) is 12.2 Å². The van der Waals surface area contributed by atoms with Crippen LogP contribution in [-0.4, -0.2) is 26.9 Å². The van der Waals surface area contributed by atoms with Gasteiger partial charge in [-0.1, -0.05) is 0 Å². The summed E-state index contributed by atoms with van der Waals surface area (Å²) in [5, 5.41) is 8.69. The van der Waals surface area contributed by atoms with E-state index in [1.165, 1.54) is 4.40 Å². The van der Waals surface area contributed by atoms with Crippen molar-refractivity contribution >= 4 is 33.3 Å². The Balaban J connectivity index is 2.21. The summed E-state index contributed by atoms with van der Waals surface area (Å²) >= 11 is 5.00. The van der Waals surface area contributed by atoms with Crippen LogP contribution in [0.15, 0.2) is 33.7 Å². The van der Waals surface area contributed by atoms with E-state index < -0.39 is 0 Å². The summed E-state index contributed by atoms with van der Waals surface area (Å²) in [6.45, 7) is 0.203. The molecule has 4 nitrogen and oxygen atoms in total. The summed E-state index contributed by atoms with van der Waals surface area (Å²) in [4.78, 5) is 16.3. The molecule has 2 rings (SSSR count). The monoisotopic (exact) mass is 328 g/mol. The molecule has 96 valence electrons. The van der Waals surface area contributed by atoms with Crippen LogP contribution in [-0.2, 0) is 5.75 Å². The van der Waals surface area contributed by atoms with Crippen molar-refractivity contribution in [3.8, 4) is 0 Å². The van der Waals surface area contributed by atoms with Gasteiger partial charge in [0.1, 0.15) is 5.65 Å². The van der Waals surface area contributed by atoms with Gasteiger partial charge in [0.15, 0.2) is 0 Å². The van der Waals surface area contributed by atoms with Gasteiger partial charge in [-0.05, 0) is 40.2 Å². The molecule has 2 heterocycles. The van der Waals surface area contributed by atoms with E-state index in [0.717, 1.165) is 22.3 Å². The second-order valence-corrected chi connectivity index (χ2v) is 5.81. The number of halogens is 1. The molecule has 18 heavy (non-hydrogen) atoms. The molecule has 0 fully saturated rings. The molecule has 0 aliphatic rings. The zero-order chi connectivity index (χ0) is 13.0. The molecule has 0 aliphatic heterocycles. The van der Waals surface area contributed by atoms with Crippen LogP contribution in [0.1, 0.15) is 12.1 Å². The second-order valence-electron chi connectivity index (χ2n) is 3.79. The predicted octanol–water partition coefficient (Wildman–Crippen LogP) is 2.07. The van der Waals surface area contributed by atoms with Crippen molar-refractivity contribution in [2.24, 2.45) is 0 Å². The summed E-state index contributed by atoms with van der Waals surface area (Å²) in [6.07, 6.45) is 2.48. The number of aromatic nitrogens is 2. The molecule has 6 heteroatoms. The highest BCUT2D eigenvalue weighted by molar-refractivity contribution is 9.10. The molecule has 0 aromatic carbocycles. The first-order valence-electron chi connectivity index (χ1n) is 5.57. The van der Waals surface area contributed by atoms with Crippen LogP contribution in [0.5, 0.6) is 0 Å². The minimum atomic E-state index is -0.0703. The smallest absolute Gasteiger partial charge is 0.258 e. The van der Waals surface area contributed by atoms with Crippen LogP contribution in [0, 0.1) is 0 Å². The Morgan fingerprint density at radius 1 is 1.44 bits per heavy atom. The number of hydrogen-bond acceptors (Lipinski definition) is 4. The summed E-state index contributed by atoms with van der Waals surface area (Å²) in [5.74, 6) is 1.57. The van der Waals surface area contributed by atoms with E-state index in [-0.39, 0.29) is 12.2 Å². The average Bonchev–Trinajstić information content (AvgIpc) is 2.36. The molecular formula is C12H13BrN2O2S. The molecular weight excluding hydrogens is 316 g/mol. The maximum atomic E-state index is 11.9. The van der Waals surface area contributed by atoms with E-state index in [1.54, 1.807) is 24.0 Å². The molecule has 0 saturated carbocycles. The zero-order valence-electron chi connectivity index (χ0n) is 9.67. The molecule has 0 spiro atoms. The Morgan fingerprint density at radius 3 is 3.06 bits per heavy atom. The maximum Gasteiger partial charge on any atom is 0.258 e. The molecule has 2 aromatic rings. The van der Waals surface area contributed by atoms with Crippen molar-refractivity contribution < 1.29 is 5.11 Å². The molecule has 0 aliphatic carbocycles. The molecule has 0 amide bonds. The number of thioether (sulfide) groups is 1. The van der Waals surface area contributed by atoms with Crippen LogP contribution < -0.4 is 5.56 Å². The fourth-order valence-electron chi connectivity index (χ4n) is 1.54.